The smallest absolute Gasteiger partial charge is 0.310 e. The van der Waals surface area contributed by atoms with Crippen molar-refractivity contribution in [3.05, 3.63) is 107 Å². The molecule has 5 rings (SSSR count). The summed E-state index contributed by atoms with van der Waals surface area (Å²) in [6.45, 7) is 6.06. The third kappa shape index (κ3) is 7.33. The lowest BCUT2D eigenvalue weighted by atomic mass is 9.97. The first-order chi connectivity index (χ1) is 18.3. The predicted molar refractivity (Wildman–Crippen MR) is 154 cm³/mol. The van der Waals surface area contributed by atoms with Crippen molar-refractivity contribution in [3.63, 3.8) is 0 Å². The van der Waals surface area contributed by atoms with E-state index in [1.165, 1.54) is 42.4 Å². The van der Waals surface area contributed by atoms with Crippen molar-refractivity contribution in [2.24, 2.45) is 5.92 Å². The highest BCUT2D eigenvalue weighted by Gasteiger charge is 2.39. The van der Waals surface area contributed by atoms with E-state index in [4.69, 9.17) is 9.84 Å². The molecule has 0 aromatic heterocycles. The second-order valence-electron chi connectivity index (χ2n) is 11.4. The Labute approximate surface area is 228 Å². The molecule has 2 saturated heterocycles. The van der Waals surface area contributed by atoms with Crippen LogP contribution in [0.2, 0.25) is 0 Å². The summed E-state index contributed by atoms with van der Waals surface area (Å²) >= 11 is 0. The molecule has 4 atom stereocenters. The molecule has 0 saturated carbocycles. The Morgan fingerprint density at radius 3 is 1.76 bits per heavy atom. The quantitative estimate of drug-likeness (QED) is 0.339. The minimum atomic E-state index is -0.772. The second-order valence-corrected chi connectivity index (χ2v) is 11.4. The van der Waals surface area contributed by atoms with Gasteiger partial charge in [0.05, 0.1) is 12.0 Å². The Hall–Kier alpha value is -2.95. The molecule has 2 bridgehead atoms. The molecule has 38 heavy (non-hydrogen) atoms. The van der Waals surface area contributed by atoms with Crippen LogP contribution in [0, 0.1) is 5.92 Å². The maximum Gasteiger partial charge on any atom is 0.310 e. The minimum Gasteiger partial charge on any atom is -0.481 e. The van der Waals surface area contributed by atoms with Crippen LogP contribution in [0.4, 0.5) is 0 Å². The molecule has 0 aliphatic carbocycles. The van der Waals surface area contributed by atoms with Crippen LogP contribution in [0.15, 0.2) is 84.9 Å². The van der Waals surface area contributed by atoms with Gasteiger partial charge in [-0.15, -0.1) is 0 Å². The van der Waals surface area contributed by atoms with Crippen molar-refractivity contribution in [2.75, 3.05) is 7.05 Å². The highest BCUT2D eigenvalue weighted by atomic mass is 16.5. The van der Waals surface area contributed by atoms with E-state index in [0.29, 0.717) is 24.1 Å². The molecule has 4 nitrogen and oxygen atoms in total. The Bertz CT molecular complexity index is 1080. The van der Waals surface area contributed by atoms with Crippen LogP contribution >= 0.6 is 0 Å². The number of hydrogen-bond donors (Lipinski definition) is 1. The summed E-state index contributed by atoms with van der Waals surface area (Å²) in [4.78, 5) is 13.3. The molecular formula is C34H43NO3. The number of fused-ring (bicyclic) bond motifs is 2. The average Bonchev–Trinajstić information content (AvgIpc) is 3.12. The van der Waals surface area contributed by atoms with Gasteiger partial charge in [0.2, 0.25) is 0 Å². The SMILES string of the molecule is CC(C)Cc1ccc(C(C)C(=O)O)cc1.CN1[C@@H]2CC[C@H]1C[C@@H](OC(c1ccccc1)c1ccccc1)C2. The maximum atomic E-state index is 10.8. The number of ether oxygens (including phenoxy) is 1. The molecule has 202 valence electrons. The van der Waals surface area contributed by atoms with E-state index in [1.54, 1.807) is 6.92 Å². The Morgan fingerprint density at radius 2 is 1.32 bits per heavy atom. The second kappa shape index (κ2) is 13.2. The van der Waals surface area contributed by atoms with Gasteiger partial charge in [-0.25, -0.2) is 0 Å². The van der Waals surface area contributed by atoms with Gasteiger partial charge < -0.3 is 14.7 Å². The summed E-state index contributed by atoms with van der Waals surface area (Å²) in [6, 6.07) is 30.6. The van der Waals surface area contributed by atoms with E-state index in [2.05, 4.69) is 86.5 Å². The molecule has 2 heterocycles. The van der Waals surface area contributed by atoms with Gasteiger partial charge in [0.25, 0.3) is 0 Å². The van der Waals surface area contributed by atoms with Crippen LogP contribution in [-0.2, 0) is 16.0 Å². The number of carboxylic acid groups (broad SMARTS) is 1. The molecule has 0 amide bonds. The molecule has 0 spiro atoms. The number of rotatable bonds is 8. The fourth-order valence-corrected chi connectivity index (χ4v) is 5.83. The van der Waals surface area contributed by atoms with Gasteiger partial charge in [-0.1, -0.05) is 98.8 Å². The fraction of sp³-hybridized carbons (Fsp3) is 0.441. The fourth-order valence-electron chi connectivity index (χ4n) is 5.83. The van der Waals surface area contributed by atoms with Crippen LogP contribution in [0.25, 0.3) is 0 Å². The molecule has 2 aliphatic heterocycles. The molecule has 1 unspecified atom stereocenters. The van der Waals surface area contributed by atoms with E-state index in [-0.39, 0.29) is 6.10 Å². The van der Waals surface area contributed by atoms with Crippen molar-refractivity contribution in [2.45, 2.75) is 83.1 Å². The highest BCUT2D eigenvalue weighted by Crippen LogP contribution is 2.38. The van der Waals surface area contributed by atoms with Gasteiger partial charge in [-0.05, 0) is 74.2 Å². The van der Waals surface area contributed by atoms with Crippen LogP contribution < -0.4 is 0 Å². The average molecular weight is 514 g/mol. The lowest BCUT2D eigenvalue weighted by Gasteiger charge is -2.38. The summed E-state index contributed by atoms with van der Waals surface area (Å²) in [5.74, 6) is -0.558. The minimum absolute atomic E-state index is 0.0465. The molecule has 2 fully saturated rings. The van der Waals surface area contributed by atoms with Gasteiger partial charge in [0, 0.05) is 12.1 Å². The van der Waals surface area contributed by atoms with E-state index < -0.39 is 11.9 Å². The zero-order valence-corrected chi connectivity index (χ0v) is 23.3. The summed E-state index contributed by atoms with van der Waals surface area (Å²) < 4.78 is 6.67. The van der Waals surface area contributed by atoms with Crippen molar-refractivity contribution in [1.29, 1.82) is 0 Å². The van der Waals surface area contributed by atoms with Crippen LogP contribution in [0.3, 0.4) is 0 Å². The zero-order valence-electron chi connectivity index (χ0n) is 23.3. The monoisotopic (exact) mass is 513 g/mol. The number of benzene rings is 3. The van der Waals surface area contributed by atoms with E-state index in [0.717, 1.165) is 12.0 Å². The lowest BCUT2D eigenvalue weighted by Crippen LogP contribution is -2.43. The highest BCUT2D eigenvalue weighted by molar-refractivity contribution is 5.75. The van der Waals surface area contributed by atoms with Crippen molar-refractivity contribution in [1.82, 2.24) is 4.90 Å². The number of piperidine rings is 1. The van der Waals surface area contributed by atoms with Crippen molar-refractivity contribution in [3.8, 4) is 0 Å². The number of hydrogen-bond acceptors (Lipinski definition) is 3. The number of carbonyl (C=O) groups is 1. The van der Waals surface area contributed by atoms with Gasteiger partial charge in [-0.3, -0.25) is 4.79 Å². The summed E-state index contributed by atoms with van der Waals surface area (Å²) in [6.07, 6.45) is 6.47. The lowest BCUT2D eigenvalue weighted by molar-refractivity contribution is -0.138. The van der Waals surface area contributed by atoms with Crippen molar-refractivity contribution >= 4 is 5.97 Å². The first-order valence-electron chi connectivity index (χ1n) is 14.1. The number of aliphatic carboxylic acids is 1. The standard InChI is InChI=1S/C21H25NO.C13H18O2/c1-22-18-12-13-19(22)15-20(14-18)23-21(16-8-4-2-5-9-16)17-10-6-3-7-11-17;1-9(2)8-11-4-6-12(7-5-11)10(3)13(14)15/h2-11,18-21H,12-15H2,1H3;4-7,9-10H,8H2,1-3H3,(H,14,15)/t18-,19+,20+;. The first kappa shape index (κ1) is 28.1. The molecule has 2 aliphatic rings. The Balaban J connectivity index is 0.000000196. The van der Waals surface area contributed by atoms with Crippen molar-refractivity contribution < 1.29 is 14.6 Å². The largest absolute Gasteiger partial charge is 0.481 e. The Kier molecular flexibility index (Phi) is 9.76. The van der Waals surface area contributed by atoms with Crippen LogP contribution in [0.5, 0.6) is 0 Å². The van der Waals surface area contributed by atoms with Crippen LogP contribution in [-0.4, -0.2) is 41.2 Å². The van der Waals surface area contributed by atoms with Gasteiger partial charge in [0.15, 0.2) is 0 Å². The number of nitrogens with zero attached hydrogens (tertiary/aromatic N) is 1. The van der Waals surface area contributed by atoms with Gasteiger partial charge in [-0.2, -0.15) is 0 Å². The molecule has 0 radical (unpaired) electrons. The molecule has 3 aromatic carbocycles. The van der Waals surface area contributed by atoms with E-state index in [1.807, 2.05) is 24.3 Å². The third-order valence-electron chi connectivity index (χ3n) is 8.08. The zero-order chi connectivity index (χ0) is 27.1. The first-order valence-corrected chi connectivity index (χ1v) is 14.1. The molecule has 1 N–H and O–H groups in total. The molecule has 4 heteroatoms. The molecular weight excluding hydrogens is 470 g/mol. The summed E-state index contributed by atoms with van der Waals surface area (Å²) in [7, 11) is 2.28. The Morgan fingerprint density at radius 1 is 0.816 bits per heavy atom. The topological polar surface area (TPSA) is 49.8 Å². The summed E-state index contributed by atoms with van der Waals surface area (Å²) in [5.41, 5.74) is 4.65. The maximum absolute atomic E-state index is 10.8. The van der Waals surface area contributed by atoms with Crippen LogP contribution in [0.1, 0.15) is 80.7 Å². The predicted octanol–water partition coefficient (Wildman–Crippen LogP) is 7.49. The van der Waals surface area contributed by atoms with Gasteiger partial charge >= 0.3 is 5.97 Å². The van der Waals surface area contributed by atoms with E-state index in [9.17, 15) is 4.79 Å². The van der Waals surface area contributed by atoms with E-state index >= 15 is 0 Å². The summed E-state index contributed by atoms with van der Waals surface area (Å²) in [5, 5.41) is 8.85. The number of carboxylic acids is 1. The third-order valence-corrected chi connectivity index (χ3v) is 8.08. The molecule has 3 aromatic rings. The van der Waals surface area contributed by atoms with Gasteiger partial charge in [0.1, 0.15) is 6.10 Å². The normalized spacial score (nSPS) is 21.7.